The number of aliphatic hydroxyl groups is 2. The maximum Gasteiger partial charge on any atom is 0.0830 e. The van der Waals surface area contributed by atoms with Crippen molar-refractivity contribution in [1.82, 2.24) is 0 Å². The van der Waals surface area contributed by atoms with Crippen LogP contribution < -0.4 is 0 Å². The molecule has 0 aromatic carbocycles. The third-order valence-corrected chi connectivity index (χ3v) is 4.04. The molecule has 2 N–H and O–H groups in total. The first-order valence-corrected chi connectivity index (χ1v) is 7.04. The minimum atomic E-state index is -0.205. The summed E-state index contributed by atoms with van der Waals surface area (Å²) in [5.74, 6) is 0.559. The van der Waals surface area contributed by atoms with Gasteiger partial charge in [0.25, 0.3) is 0 Å². The van der Waals surface area contributed by atoms with Crippen LogP contribution in [0.15, 0.2) is 0 Å². The average molecular weight is 244 g/mol. The fourth-order valence-corrected chi connectivity index (χ4v) is 2.65. The van der Waals surface area contributed by atoms with Gasteiger partial charge in [-0.3, -0.25) is 0 Å². The van der Waals surface area contributed by atoms with Crippen molar-refractivity contribution in [2.45, 2.75) is 76.6 Å². The predicted octanol–water partition coefficient (Wildman–Crippen LogP) is 2.49. The summed E-state index contributed by atoms with van der Waals surface area (Å²) in [4.78, 5) is 0. The molecule has 0 spiro atoms. The molecule has 4 atom stereocenters. The van der Waals surface area contributed by atoms with Crippen molar-refractivity contribution in [3.63, 3.8) is 0 Å². The van der Waals surface area contributed by atoms with Gasteiger partial charge in [-0.25, -0.2) is 0 Å². The molecule has 0 aromatic heterocycles. The van der Waals surface area contributed by atoms with Crippen LogP contribution in [-0.2, 0) is 4.74 Å². The topological polar surface area (TPSA) is 49.7 Å². The van der Waals surface area contributed by atoms with E-state index in [4.69, 9.17) is 4.74 Å². The van der Waals surface area contributed by atoms with Crippen LogP contribution in [0.2, 0.25) is 0 Å². The largest absolute Gasteiger partial charge is 0.393 e. The van der Waals surface area contributed by atoms with Gasteiger partial charge < -0.3 is 14.9 Å². The van der Waals surface area contributed by atoms with Crippen molar-refractivity contribution in [2.24, 2.45) is 5.92 Å². The molecule has 0 radical (unpaired) electrons. The van der Waals surface area contributed by atoms with E-state index in [-0.39, 0.29) is 18.3 Å². The Balaban J connectivity index is 0.000000171. The Morgan fingerprint density at radius 3 is 1.71 bits per heavy atom. The van der Waals surface area contributed by atoms with E-state index in [0.29, 0.717) is 5.92 Å². The molecule has 3 heteroatoms. The molecular formula is C14H28O3. The van der Waals surface area contributed by atoms with Gasteiger partial charge in [-0.1, -0.05) is 32.6 Å². The molecule has 0 amide bonds. The van der Waals surface area contributed by atoms with E-state index >= 15 is 0 Å². The minimum Gasteiger partial charge on any atom is -0.393 e. The molecule has 0 heterocycles. The molecule has 2 rings (SSSR count). The first-order valence-electron chi connectivity index (χ1n) is 7.04. The smallest absolute Gasteiger partial charge is 0.0830 e. The van der Waals surface area contributed by atoms with E-state index in [1.807, 2.05) is 0 Å². The summed E-state index contributed by atoms with van der Waals surface area (Å²) < 4.78 is 5.05. The SMILES string of the molecule is CO[C@H]1CCCC[C@H]1O.C[C@H]1CCCC[C@H]1O. The molecule has 2 aliphatic rings. The first-order chi connectivity index (χ1) is 8.15. The lowest BCUT2D eigenvalue weighted by Crippen LogP contribution is -2.30. The lowest BCUT2D eigenvalue weighted by atomic mass is 9.88. The second kappa shape index (κ2) is 8.06. The van der Waals surface area contributed by atoms with Crippen LogP contribution in [0.5, 0.6) is 0 Å². The highest BCUT2D eigenvalue weighted by Gasteiger charge is 2.21. The summed E-state index contributed by atoms with van der Waals surface area (Å²) >= 11 is 0. The van der Waals surface area contributed by atoms with Gasteiger partial charge in [0.2, 0.25) is 0 Å². The highest BCUT2D eigenvalue weighted by atomic mass is 16.5. The van der Waals surface area contributed by atoms with Crippen LogP contribution in [0, 0.1) is 5.92 Å². The van der Waals surface area contributed by atoms with Crippen LogP contribution in [-0.4, -0.2) is 35.6 Å². The van der Waals surface area contributed by atoms with E-state index in [1.165, 1.54) is 25.7 Å². The fourth-order valence-electron chi connectivity index (χ4n) is 2.65. The van der Waals surface area contributed by atoms with Crippen LogP contribution in [0.4, 0.5) is 0 Å². The van der Waals surface area contributed by atoms with E-state index in [2.05, 4.69) is 6.92 Å². The molecule has 3 nitrogen and oxygen atoms in total. The molecule has 2 fully saturated rings. The van der Waals surface area contributed by atoms with Gasteiger partial charge in [-0.05, 0) is 31.6 Å². The van der Waals surface area contributed by atoms with Crippen molar-refractivity contribution in [2.75, 3.05) is 7.11 Å². The lowest BCUT2D eigenvalue weighted by molar-refractivity contribution is -0.0359. The Bertz CT molecular complexity index is 186. The second-order valence-corrected chi connectivity index (χ2v) is 5.46. The van der Waals surface area contributed by atoms with Gasteiger partial charge in [0.15, 0.2) is 0 Å². The van der Waals surface area contributed by atoms with Crippen molar-refractivity contribution in [1.29, 1.82) is 0 Å². The number of ether oxygens (including phenoxy) is 1. The van der Waals surface area contributed by atoms with Gasteiger partial charge >= 0.3 is 0 Å². The molecular weight excluding hydrogens is 216 g/mol. The molecule has 0 unspecified atom stereocenters. The molecule has 0 aliphatic heterocycles. The lowest BCUT2D eigenvalue weighted by Gasteiger charge is -2.25. The van der Waals surface area contributed by atoms with Gasteiger partial charge in [-0.15, -0.1) is 0 Å². The third-order valence-electron chi connectivity index (χ3n) is 4.04. The number of methoxy groups -OCH3 is 1. The monoisotopic (exact) mass is 244 g/mol. The van der Waals surface area contributed by atoms with Gasteiger partial charge in [0, 0.05) is 7.11 Å². The average Bonchev–Trinajstić information content (AvgIpc) is 2.34. The Kier molecular flexibility index (Phi) is 7.09. The van der Waals surface area contributed by atoms with E-state index in [9.17, 15) is 10.2 Å². The van der Waals surface area contributed by atoms with Gasteiger partial charge in [-0.2, -0.15) is 0 Å². The molecule has 0 aromatic rings. The van der Waals surface area contributed by atoms with Crippen LogP contribution >= 0.6 is 0 Å². The van der Waals surface area contributed by atoms with E-state index in [1.54, 1.807) is 7.11 Å². The maximum atomic E-state index is 9.24. The molecule has 2 saturated carbocycles. The summed E-state index contributed by atoms with van der Waals surface area (Å²) in [6.45, 7) is 2.13. The van der Waals surface area contributed by atoms with Crippen molar-refractivity contribution in [3.8, 4) is 0 Å². The number of hydrogen-bond acceptors (Lipinski definition) is 3. The third kappa shape index (κ3) is 5.36. The van der Waals surface area contributed by atoms with Crippen molar-refractivity contribution in [3.05, 3.63) is 0 Å². The van der Waals surface area contributed by atoms with Gasteiger partial charge in [0.1, 0.15) is 0 Å². The number of rotatable bonds is 1. The van der Waals surface area contributed by atoms with E-state index < -0.39 is 0 Å². The van der Waals surface area contributed by atoms with Crippen LogP contribution in [0.3, 0.4) is 0 Å². The molecule has 2 aliphatic carbocycles. The Morgan fingerprint density at radius 2 is 1.35 bits per heavy atom. The van der Waals surface area contributed by atoms with Gasteiger partial charge in [0.05, 0.1) is 18.3 Å². The normalized spacial score (nSPS) is 38.1. The number of hydrogen-bond donors (Lipinski definition) is 2. The quantitative estimate of drug-likeness (QED) is 0.745. The summed E-state index contributed by atoms with van der Waals surface area (Å²) in [5.41, 5.74) is 0. The summed E-state index contributed by atoms with van der Waals surface area (Å²) in [7, 11) is 1.67. The highest BCUT2D eigenvalue weighted by Crippen LogP contribution is 2.23. The van der Waals surface area contributed by atoms with Crippen LogP contribution in [0.25, 0.3) is 0 Å². The van der Waals surface area contributed by atoms with Crippen molar-refractivity contribution >= 4 is 0 Å². The summed E-state index contributed by atoms with van der Waals surface area (Å²) in [5, 5.41) is 18.4. The second-order valence-electron chi connectivity index (χ2n) is 5.46. The highest BCUT2D eigenvalue weighted by molar-refractivity contribution is 4.73. The number of aliphatic hydroxyl groups excluding tert-OH is 2. The summed E-state index contributed by atoms with van der Waals surface area (Å²) in [6, 6.07) is 0. The zero-order valence-electron chi connectivity index (χ0n) is 11.3. The van der Waals surface area contributed by atoms with Crippen molar-refractivity contribution < 1.29 is 14.9 Å². The molecule has 0 bridgehead atoms. The maximum absolute atomic E-state index is 9.24. The molecule has 0 saturated heterocycles. The zero-order valence-corrected chi connectivity index (χ0v) is 11.3. The minimum absolute atomic E-state index is 0.00347. The molecule has 17 heavy (non-hydrogen) atoms. The Hall–Kier alpha value is -0.120. The van der Waals surface area contributed by atoms with E-state index in [0.717, 1.165) is 25.7 Å². The standard InChI is InChI=1S/C7H14O2.C7H14O/c1-9-7-5-3-2-4-6(7)8;1-6-4-2-3-5-7(6)8/h6-8H,2-5H2,1H3;6-8H,2-5H2,1H3/t2*6-,7+/m10/s1. The Labute approximate surface area is 105 Å². The predicted molar refractivity (Wildman–Crippen MR) is 68.9 cm³/mol. The molecule has 102 valence electrons. The fraction of sp³-hybridized carbons (Fsp3) is 1.00. The first kappa shape index (κ1) is 14.9. The Morgan fingerprint density at radius 1 is 0.824 bits per heavy atom. The zero-order chi connectivity index (χ0) is 12.7. The van der Waals surface area contributed by atoms with Crippen LogP contribution in [0.1, 0.15) is 58.3 Å². The summed E-state index contributed by atoms with van der Waals surface area (Å²) in [6.07, 6.45) is 9.00.